The zero-order valence-electron chi connectivity index (χ0n) is 13.3. The Kier molecular flexibility index (Phi) is 8.30. The minimum Gasteiger partial charge on any atom is -0.383 e. The molecule has 1 aliphatic carbocycles. The van der Waals surface area contributed by atoms with Crippen LogP contribution in [0.1, 0.15) is 44.9 Å². The molecule has 6 heteroatoms. The van der Waals surface area contributed by atoms with Gasteiger partial charge in [-0.3, -0.25) is 9.59 Å². The van der Waals surface area contributed by atoms with E-state index in [4.69, 9.17) is 4.74 Å². The van der Waals surface area contributed by atoms with Gasteiger partial charge in [0.2, 0.25) is 11.8 Å². The highest BCUT2D eigenvalue weighted by Crippen LogP contribution is 2.30. The first kappa shape index (κ1) is 17.9. The summed E-state index contributed by atoms with van der Waals surface area (Å²) in [7, 11) is 3.52. The van der Waals surface area contributed by atoms with Gasteiger partial charge in [-0.1, -0.05) is 19.3 Å². The van der Waals surface area contributed by atoms with Crippen molar-refractivity contribution in [1.29, 1.82) is 0 Å². The van der Waals surface area contributed by atoms with Gasteiger partial charge in [0.1, 0.15) is 0 Å². The number of nitrogens with one attached hydrogen (secondary N) is 3. The Bertz CT molecular complexity index is 328. The van der Waals surface area contributed by atoms with Crippen LogP contribution in [0.5, 0.6) is 0 Å². The molecule has 3 N–H and O–H groups in total. The Balaban J connectivity index is 2.19. The van der Waals surface area contributed by atoms with Crippen LogP contribution in [0, 0.1) is 0 Å². The van der Waals surface area contributed by atoms with E-state index >= 15 is 0 Å². The third kappa shape index (κ3) is 6.91. The summed E-state index contributed by atoms with van der Waals surface area (Å²) in [6.45, 7) is 1.40. The highest BCUT2D eigenvalue weighted by Gasteiger charge is 2.32. The molecule has 0 atom stereocenters. The first-order valence-electron chi connectivity index (χ1n) is 7.83. The zero-order chi connectivity index (χ0) is 15.6. The average molecular weight is 299 g/mol. The SMILES string of the molecule is CNC1(CC(=O)NCCC(=O)NCCOC)CCCCC1. The lowest BCUT2D eigenvalue weighted by Crippen LogP contribution is -2.48. The second-order valence-electron chi connectivity index (χ2n) is 5.71. The third-order valence-electron chi connectivity index (χ3n) is 4.14. The Morgan fingerprint density at radius 2 is 1.71 bits per heavy atom. The smallest absolute Gasteiger partial charge is 0.221 e. The molecule has 122 valence electrons. The lowest BCUT2D eigenvalue weighted by atomic mass is 9.79. The lowest BCUT2D eigenvalue weighted by Gasteiger charge is -2.36. The molecule has 2 amide bonds. The van der Waals surface area contributed by atoms with Crippen molar-refractivity contribution in [2.45, 2.75) is 50.5 Å². The molecule has 0 unspecified atom stereocenters. The van der Waals surface area contributed by atoms with Crippen molar-refractivity contribution < 1.29 is 14.3 Å². The van der Waals surface area contributed by atoms with E-state index in [0.717, 1.165) is 12.8 Å². The maximum atomic E-state index is 12.0. The Morgan fingerprint density at radius 1 is 1.05 bits per heavy atom. The van der Waals surface area contributed by atoms with Crippen molar-refractivity contribution >= 4 is 11.8 Å². The number of hydrogen-bond acceptors (Lipinski definition) is 4. The molecule has 21 heavy (non-hydrogen) atoms. The molecule has 0 heterocycles. The first-order valence-corrected chi connectivity index (χ1v) is 7.83. The Hall–Kier alpha value is -1.14. The molecular weight excluding hydrogens is 270 g/mol. The molecule has 0 spiro atoms. The quantitative estimate of drug-likeness (QED) is 0.544. The summed E-state index contributed by atoms with van der Waals surface area (Å²) in [6.07, 6.45) is 6.51. The van der Waals surface area contributed by atoms with Crippen molar-refractivity contribution in [2.24, 2.45) is 0 Å². The summed E-state index contributed by atoms with van der Waals surface area (Å²) in [4.78, 5) is 23.5. The molecular formula is C15H29N3O3. The van der Waals surface area contributed by atoms with E-state index in [-0.39, 0.29) is 17.4 Å². The second kappa shape index (κ2) is 9.73. The van der Waals surface area contributed by atoms with Crippen LogP contribution in [0.3, 0.4) is 0 Å². The fraction of sp³-hybridized carbons (Fsp3) is 0.867. The van der Waals surface area contributed by atoms with E-state index in [1.54, 1.807) is 7.11 Å². The summed E-state index contributed by atoms with van der Waals surface area (Å²) in [6, 6.07) is 0. The highest BCUT2D eigenvalue weighted by molar-refractivity contribution is 5.79. The van der Waals surface area contributed by atoms with Crippen LogP contribution in [0.25, 0.3) is 0 Å². The highest BCUT2D eigenvalue weighted by atomic mass is 16.5. The lowest BCUT2D eigenvalue weighted by molar-refractivity contribution is -0.123. The number of methoxy groups -OCH3 is 1. The molecule has 1 saturated carbocycles. The van der Waals surface area contributed by atoms with Crippen LogP contribution >= 0.6 is 0 Å². The predicted molar refractivity (Wildman–Crippen MR) is 82.0 cm³/mol. The minimum absolute atomic E-state index is 0.0240. The molecule has 1 fully saturated rings. The zero-order valence-corrected chi connectivity index (χ0v) is 13.3. The number of hydrogen-bond donors (Lipinski definition) is 3. The maximum absolute atomic E-state index is 12.0. The Morgan fingerprint density at radius 3 is 2.33 bits per heavy atom. The van der Waals surface area contributed by atoms with E-state index in [2.05, 4.69) is 16.0 Å². The molecule has 1 rings (SSSR count). The van der Waals surface area contributed by atoms with Crippen molar-refractivity contribution in [3.05, 3.63) is 0 Å². The third-order valence-corrected chi connectivity index (χ3v) is 4.14. The van der Waals surface area contributed by atoms with Gasteiger partial charge in [-0.05, 0) is 19.9 Å². The van der Waals surface area contributed by atoms with Crippen molar-refractivity contribution in [2.75, 3.05) is 33.9 Å². The fourth-order valence-electron chi connectivity index (χ4n) is 2.81. The monoisotopic (exact) mass is 299 g/mol. The molecule has 1 aliphatic rings. The van der Waals surface area contributed by atoms with Crippen molar-refractivity contribution in [3.8, 4) is 0 Å². The van der Waals surface area contributed by atoms with Gasteiger partial charge in [-0.15, -0.1) is 0 Å². The number of amides is 2. The normalized spacial score (nSPS) is 17.2. The van der Waals surface area contributed by atoms with E-state index in [1.165, 1.54) is 19.3 Å². The predicted octanol–water partition coefficient (Wildman–Crippen LogP) is 0.568. The largest absolute Gasteiger partial charge is 0.383 e. The fourth-order valence-corrected chi connectivity index (χ4v) is 2.81. The summed E-state index contributed by atoms with van der Waals surface area (Å²) in [5.41, 5.74) is -0.0525. The number of carbonyl (C=O) groups excluding carboxylic acids is 2. The summed E-state index contributed by atoms with van der Waals surface area (Å²) in [5, 5.41) is 8.90. The van der Waals surface area contributed by atoms with Gasteiger partial charge in [0.15, 0.2) is 0 Å². The van der Waals surface area contributed by atoms with Gasteiger partial charge in [-0.2, -0.15) is 0 Å². The van der Waals surface area contributed by atoms with Crippen molar-refractivity contribution in [3.63, 3.8) is 0 Å². The molecule has 0 bridgehead atoms. The summed E-state index contributed by atoms with van der Waals surface area (Å²) >= 11 is 0. The van der Waals surface area contributed by atoms with Gasteiger partial charge in [0.05, 0.1) is 6.61 Å². The van der Waals surface area contributed by atoms with Crippen LogP contribution < -0.4 is 16.0 Å². The number of carbonyl (C=O) groups is 2. The molecule has 0 aliphatic heterocycles. The average Bonchev–Trinajstić information content (AvgIpc) is 2.48. The minimum atomic E-state index is -0.0617. The van der Waals surface area contributed by atoms with Gasteiger partial charge in [0, 0.05) is 38.6 Å². The summed E-state index contributed by atoms with van der Waals surface area (Å²) in [5.74, 6) is -0.0377. The maximum Gasteiger partial charge on any atom is 0.221 e. The van der Waals surface area contributed by atoms with Crippen molar-refractivity contribution in [1.82, 2.24) is 16.0 Å². The van der Waals surface area contributed by atoms with Gasteiger partial charge in [0.25, 0.3) is 0 Å². The van der Waals surface area contributed by atoms with Crippen LogP contribution in [-0.2, 0) is 14.3 Å². The van der Waals surface area contributed by atoms with Crippen LogP contribution in [0.2, 0.25) is 0 Å². The van der Waals surface area contributed by atoms with Gasteiger partial charge >= 0.3 is 0 Å². The Labute approximate surface area is 127 Å². The van der Waals surface area contributed by atoms with Gasteiger partial charge < -0.3 is 20.7 Å². The van der Waals surface area contributed by atoms with Crippen LogP contribution in [-0.4, -0.2) is 51.2 Å². The topological polar surface area (TPSA) is 79.5 Å². The van der Waals surface area contributed by atoms with E-state index in [1.807, 2.05) is 7.05 Å². The molecule has 0 radical (unpaired) electrons. The van der Waals surface area contributed by atoms with Gasteiger partial charge in [-0.25, -0.2) is 0 Å². The molecule has 0 aromatic rings. The van der Waals surface area contributed by atoms with E-state index < -0.39 is 0 Å². The summed E-state index contributed by atoms with van der Waals surface area (Å²) < 4.78 is 4.85. The number of ether oxygens (including phenoxy) is 1. The standard InChI is InChI=1S/C15H29N3O3/c1-16-15(7-4-3-5-8-15)12-14(20)17-9-6-13(19)18-10-11-21-2/h16H,3-12H2,1-2H3,(H,17,20)(H,18,19). The van der Waals surface area contributed by atoms with E-state index in [0.29, 0.717) is 32.5 Å². The van der Waals surface area contributed by atoms with Crippen LogP contribution in [0.15, 0.2) is 0 Å². The number of rotatable bonds is 9. The molecule has 6 nitrogen and oxygen atoms in total. The molecule has 0 aromatic heterocycles. The molecule has 0 saturated heterocycles. The second-order valence-corrected chi connectivity index (χ2v) is 5.71. The van der Waals surface area contributed by atoms with Crippen LogP contribution in [0.4, 0.5) is 0 Å². The molecule has 0 aromatic carbocycles. The first-order chi connectivity index (χ1) is 10.1. The van der Waals surface area contributed by atoms with E-state index in [9.17, 15) is 9.59 Å².